The molecule has 2 N–H and O–H groups in total. The number of nitrogens with zero attached hydrogens (tertiary/aromatic N) is 4. The maximum absolute atomic E-state index is 13.4. The Morgan fingerprint density at radius 3 is 2.53 bits per heavy atom. The van der Waals surface area contributed by atoms with Crippen LogP contribution in [-0.2, 0) is 27.8 Å². The highest BCUT2D eigenvalue weighted by Crippen LogP contribution is 2.23. The number of carbonyl (C=O) groups excluding carboxylic acids is 1. The fourth-order valence-electron chi connectivity index (χ4n) is 3.10. The van der Waals surface area contributed by atoms with Crippen molar-refractivity contribution < 1.29 is 22.8 Å². The van der Waals surface area contributed by atoms with Crippen molar-refractivity contribution in [3.8, 4) is 0 Å². The molecule has 0 aliphatic heterocycles. The molecule has 2 rings (SSSR count). The van der Waals surface area contributed by atoms with Gasteiger partial charge in [0.1, 0.15) is 6.04 Å². The molecular weight excluding hydrogens is 413 g/mol. The first kappa shape index (κ1) is 23.9. The third-order valence-electron chi connectivity index (χ3n) is 4.65. The lowest BCUT2D eigenvalue weighted by Crippen LogP contribution is -2.52. The topological polar surface area (TPSA) is 117 Å². The van der Waals surface area contributed by atoms with Gasteiger partial charge in [0.2, 0.25) is 10.0 Å². The number of amides is 1. The van der Waals surface area contributed by atoms with Crippen LogP contribution in [0.3, 0.4) is 0 Å². The summed E-state index contributed by atoms with van der Waals surface area (Å²) in [7, 11) is -4.04. The molecule has 0 radical (unpaired) electrons. The van der Waals surface area contributed by atoms with Crippen LogP contribution in [0.25, 0.3) is 0 Å². The number of sulfonamides is 1. The van der Waals surface area contributed by atoms with Crippen molar-refractivity contribution in [3.63, 3.8) is 0 Å². The Kier molecular flexibility index (Phi) is 8.44. The highest BCUT2D eigenvalue weighted by Gasteiger charge is 2.37. The van der Waals surface area contributed by atoms with Crippen LogP contribution in [0.2, 0.25) is 0 Å². The minimum absolute atomic E-state index is 0.0479. The summed E-state index contributed by atoms with van der Waals surface area (Å²) in [5.41, 5.74) is 3.08. The third kappa shape index (κ3) is 5.83. The van der Waals surface area contributed by atoms with Crippen LogP contribution in [0.1, 0.15) is 31.5 Å². The quantitative estimate of drug-likeness (QED) is 0.405. The maximum Gasteiger partial charge on any atom is 0.262 e. The molecule has 0 fully saturated rings. The molecule has 1 amide bonds. The van der Waals surface area contributed by atoms with Crippen LogP contribution < -0.4 is 5.48 Å². The Labute approximate surface area is 175 Å². The number of benzene rings is 1. The predicted molar refractivity (Wildman–Crippen MR) is 108 cm³/mol. The fraction of sp³-hybridized carbons (Fsp3) is 0.526. The van der Waals surface area contributed by atoms with Gasteiger partial charge >= 0.3 is 0 Å². The second-order valence-electron chi connectivity index (χ2n) is 7.36. The average molecular weight is 442 g/mol. The Hall–Kier alpha value is -2.37. The average Bonchev–Trinajstić information content (AvgIpc) is 3.16. The number of hydrogen-bond acceptors (Lipinski definition) is 6. The van der Waals surface area contributed by atoms with Gasteiger partial charge in [0.15, 0.2) is 0 Å². The third-order valence-corrected chi connectivity index (χ3v) is 6.55. The summed E-state index contributed by atoms with van der Waals surface area (Å²) in [6.07, 6.45) is 2.39. The maximum atomic E-state index is 13.4. The number of aryl methyl sites for hydroxylation is 2. The van der Waals surface area contributed by atoms with Gasteiger partial charge in [-0.25, -0.2) is 13.9 Å². The molecule has 0 unspecified atom stereocenters. The van der Waals surface area contributed by atoms with Crippen LogP contribution in [0.4, 0.5) is 4.39 Å². The predicted octanol–water partition coefficient (Wildman–Crippen LogP) is 1.71. The van der Waals surface area contributed by atoms with Crippen molar-refractivity contribution in [2.75, 3.05) is 13.2 Å². The molecule has 166 valence electrons. The van der Waals surface area contributed by atoms with E-state index in [0.717, 1.165) is 9.87 Å². The van der Waals surface area contributed by atoms with E-state index in [2.05, 4.69) is 10.3 Å². The van der Waals surface area contributed by atoms with E-state index in [4.69, 9.17) is 5.21 Å². The van der Waals surface area contributed by atoms with Crippen molar-refractivity contribution in [2.24, 2.45) is 5.92 Å². The summed E-state index contributed by atoms with van der Waals surface area (Å²) >= 11 is 0. The first-order chi connectivity index (χ1) is 14.2. The van der Waals surface area contributed by atoms with Gasteiger partial charge in [-0.15, -0.1) is 5.10 Å². The minimum Gasteiger partial charge on any atom is -0.289 e. The highest BCUT2D eigenvalue weighted by molar-refractivity contribution is 7.89. The summed E-state index contributed by atoms with van der Waals surface area (Å²) in [5, 5.41) is 17.1. The van der Waals surface area contributed by atoms with E-state index >= 15 is 0 Å². The fourth-order valence-corrected chi connectivity index (χ4v) is 4.81. The molecule has 1 aromatic heterocycles. The van der Waals surface area contributed by atoms with Gasteiger partial charge in [0, 0.05) is 12.7 Å². The van der Waals surface area contributed by atoms with Gasteiger partial charge in [-0.2, -0.15) is 4.31 Å². The number of alkyl halides is 1. The second kappa shape index (κ2) is 10.6. The SMILES string of the molecule is Cc1ccc(S(=O)(=O)N(CCn2cc(CCCF)nn2)[C@@H](C(=O)NO)C(C)C)cc1. The lowest BCUT2D eigenvalue weighted by atomic mass is 10.0. The van der Waals surface area contributed by atoms with E-state index in [0.29, 0.717) is 18.5 Å². The molecule has 1 atom stereocenters. The summed E-state index contributed by atoms with van der Waals surface area (Å²) in [5.74, 6) is -1.23. The molecule has 0 aliphatic rings. The van der Waals surface area contributed by atoms with E-state index in [1.807, 2.05) is 6.92 Å². The first-order valence-corrected chi connectivity index (χ1v) is 11.1. The monoisotopic (exact) mass is 441 g/mol. The van der Waals surface area contributed by atoms with Crippen molar-refractivity contribution >= 4 is 15.9 Å². The molecular formula is C19H28FN5O4S. The first-order valence-electron chi connectivity index (χ1n) is 9.68. The lowest BCUT2D eigenvalue weighted by Gasteiger charge is -2.31. The summed E-state index contributed by atoms with van der Waals surface area (Å²) < 4.78 is 41.6. The van der Waals surface area contributed by atoms with Gasteiger partial charge in [0.25, 0.3) is 5.91 Å². The largest absolute Gasteiger partial charge is 0.289 e. The smallest absolute Gasteiger partial charge is 0.262 e. The molecule has 0 aliphatic carbocycles. The Balaban J connectivity index is 2.34. The Morgan fingerprint density at radius 1 is 1.30 bits per heavy atom. The lowest BCUT2D eigenvalue weighted by molar-refractivity contribution is -0.134. The standard InChI is InChI=1S/C19H28FN5O4S/c1-14(2)18(19(26)22-27)25(30(28,29)17-8-6-15(3)7-9-17)12-11-24-13-16(21-23-24)5-4-10-20/h6-9,13-14,18,27H,4-5,10-12H2,1-3H3,(H,22,26)/t18-/m1/s1. The van der Waals surface area contributed by atoms with Crippen LogP contribution in [0.15, 0.2) is 35.4 Å². The van der Waals surface area contributed by atoms with Gasteiger partial charge in [-0.3, -0.25) is 19.1 Å². The van der Waals surface area contributed by atoms with Crippen molar-refractivity contribution in [1.29, 1.82) is 0 Å². The molecule has 0 saturated heterocycles. The van der Waals surface area contributed by atoms with Crippen molar-refractivity contribution in [1.82, 2.24) is 24.8 Å². The van der Waals surface area contributed by atoms with E-state index < -0.39 is 34.6 Å². The highest BCUT2D eigenvalue weighted by atomic mass is 32.2. The number of hydroxylamine groups is 1. The molecule has 0 saturated carbocycles. The molecule has 1 aromatic carbocycles. The van der Waals surface area contributed by atoms with Gasteiger partial charge in [0.05, 0.1) is 23.8 Å². The van der Waals surface area contributed by atoms with Crippen LogP contribution in [0, 0.1) is 12.8 Å². The number of nitrogens with one attached hydrogen (secondary N) is 1. The van der Waals surface area contributed by atoms with E-state index in [1.165, 1.54) is 16.8 Å². The van der Waals surface area contributed by atoms with Gasteiger partial charge < -0.3 is 0 Å². The van der Waals surface area contributed by atoms with Gasteiger partial charge in [-0.05, 0) is 37.8 Å². The van der Waals surface area contributed by atoms with Crippen molar-refractivity contribution in [3.05, 3.63) is 41.7 Å². The summed E-state index contributed by atoms with van der Waals surface area (Å²) in [6.45, 7) is 4.84. The molecule has 1 heterocycles. The summed E-state index contributed by atoms with van der Waals surface area (Å²) in [4.78, 5) is 12.4. The minimum atomic E-state index is -4.04. The number of aromatic nitrogens is 3. The molecule has 9 nitrogen and oxygen atoms in total. The molecule has 2 aromatic rings. The number of hydrogen-bond donors (Lipinski definition) is 2. The zero-order valence-corrected chi connectivity index (χ0v) is 18.1. The van der Waals surface area contributed by atoms with Crippen LogP contribution in [0.5, 0.6) is 0 Å². The molecule has 0 spiro atoms. The Bertz CT molecular complexity index is 931. The Morgan fingerprint density at radius 2 is 1.97 bits per heavy atom. The zero-order valence-electron chi connectivity index (χ0n) is 17.3. The number of halogens is 1. The molecule has 0 bridgehead atoms. The van der Waals surface area contributed by atoms with Crippen molar-refractivity contribution in [2.45, 2.75) is 51.1 Å². The summed E-state index contributed by atoms with van der Waals surface area (Å²) in [6, 6.07) is 5.19. The van der Waals surface area contributed by atoms with E-state index in [1.54, 1.807) is 37.7 Å². The molecule has 30 heavy (non-hydrogen) atoms. The van der Waals surface area contributed by atoms with Gasteiger partial charge in [-0.1, -0.05) is 36.8 Å². The normalized spacial score (nSPS) is 13.0. The second-order valence-corrected chi connectivity index (χ2v) is 9.25. The zero-order chi connectivity index (χ0) is 22.3. The van der Waals surface area contributed by atoms with E-state index in [9.17, 15) is 17.6 Å². The van der Waals surface area contributed by atoms with Crippen LogP contribution >= 0.6 is 0 Å². The van der Waals surface area contributed by atoms with Crippen LogP contribution in [-0.4, -0.2) is 58.1 Å². The number of rotatable bonds is 11. The van der Waals surface area contributed by atoms with E-state index in [-0.39, 0.29) is 18.0 Å². The molecule has 11 heteroatoms. The number of carbonyl (C=O) groups is 1.